The normalized spacial score (nSPS) is 28.6. The number of nitrogens with one attached hydrogen (secondary N) is 2. The molecule has 2 amide bonds. The monoisotopic (exact) mass is 298 g/mol. The Kier molecular flexibility index (Phi) is 5.45. The minimum Gasteiger partial charge on any atom is -0.481 e. The number of carboxylic acid groups (broad SMARTS) is 1. The van der Waals surface area contributed by atoms with E-state index >= 15 is 0 Å². The highest BCUT2D eigenvalue weighted by atomic mass is 16.5. The van der Waals surface area contributed by atoms with Crippen LogP contribution in [0, 0.1) is 11.3 Å². The number of aliphatic carboxylic acids is 1. The summed E-state index contributed by atoms with van der Waals surface area (Å²) < 4.78 is 5.22. The topological polar surface area (TPSA) is 87.7 Å². The molecule has 2 unspecified atom stereocenters. The molecule has 120 valence electrons. The molecule has 1 saturated carbocycles. The van der Waals surface area contributed by atoms with Crippen LogP contribution in [-0.2, 0) is 9.53 Å². The van der Waals surface area contributed by atoms with Crippen molar-refractivity contribution < 1.29 is 19.4 Å². The van der Waals surface area contributed by atoms with Gasteiger partial charge in [-0.2, -0.15) is 0 Å². The van der Waals surface area contributed by atoms with Gasteiger partial charge in [0.2, 0.25) is 0 Å². The van der Waals surface area contributed by atoms with E-state index in [9.17, 15) is 14.7 Å². The molecule has 1 aliphatic carbocycles. The van der Waals surface area contributed by atoms with Gasteiger partial charge in [-0.25, -0.2) is 4.79 Å². The minimum absolute atomic E-state index is 0.166. The van der Waals surface area contributed by atoms with Crippen LogP contribution in [-0.4, -0.2) is 42.9 Å². The van der Waals surface area contributed by atoms with Crippen LogP contribution in [0.3, 0.4) is 0 Å². The van der Waals surface area contributed by atoms with Gasteiger partial charge >= 0.3 is 12.0 Å². The van der Waals surface area contributed by atoms with Crippen molar-refractivity contribution in [2.45, 2.75) is 51.5 Å². The summed E-state index contributed by atoms with van der Waals surface area (Å²) in [4.78, 5) is 23.5. The molecule has 0 radical (unpaired) electrons. The zero-order valence-electron chi connectivity index (χ0n) is 12.7. The highest BCUT2D eigenvalue weighted by Gasteiger charge is 2.40. The molecule has 0 aromatic carbocycles. The molecule has 0 spiro atoms. The molecule has 1 aliphatic heterocycles. The molecule has 0 bridgehead atoms. The molecule has 2 fully saturated rings. The first kappa shape index (κ1) is 16.1. The standard InChI is InChI=1S/C15H26N2O4/c1-11-3-2-4-12(9-11)17-14(20)16-10-15(13(18)19)5-7-21-8-6-15/h11-12H,2-10H2,1H3,(H,18,19)(H2,16,17,20). The number of carbonyl (C=O) groups is 2. The van der Waals surface area contributed by atoms with Crippen molar-refractivity contribution in [2.24, 2.45) is 11.3 Å². The van der Waals surface area contributed by atoms with E-state index in [2.05, 4.69) is 17.6 Å². The zero-order valence-corrected chi connectivity index (χ0v) is 12.7. The third kappa shape index (κ3) is 4.33. The second-order valence-corrected chi connectivity index (χ2v) is 6.49. The summed E-state index contributed by atoms with van der Waals surface area (Å²) in [7, 11) is 0. The molecule has 2 aliphatic rings. The lowest BCUT2D eigenvalue weighted by Gasteiger charge is -2.33. The van der Waals surface area contributed by atoms with Crippen molar-refractivity contribution in [1.82, 2.24) is 10.6 Å². The summed E-state index contributed by atoms with van der Waals surface area (Å²) >= 11 is 0. The number of rotatable bonds is 4. The van der Waals surface area contributed by atoms with Gasteiger partial charge in [-0.15, -0.1) is 0 Å². The van der Waals surface area contributed by atoms with Gasteiger partial charge < -0.3 is 20.5 Å². The van der Waals surface area contributed by atoms with Gasteiger partial charge in [0.05, 0.1) is 5.41 Å². The Bertz CT molecular complexity index is 380. The Balaban J connectivity index is 1.80. The molecule has 3 N–H and O–H groups in total. The van der Waals surface area contributed by atoms with E-state index in [-0.39, 0.29) is 18.6 Å². The summed E-state index contributed by atoms with van der Waals surface area (Å²) in [6.07, 6.45) is 5.28. The quantitative estimate of drug-likeness (QED) is 0.738. The first-order chi connectivity index (χ1) is 10.0. The van der Waals surface area contributed by atoms with Crippen LogP contribution in [0.25, 0.3) is 0 Å². The Morgan fingerprint density at radius 1 is 1.29 bits per heavy atom. The molecule has 6 nitrogen and oxygen atoms in total. The highest BCUT2D eigenvalue weighted by molar-refractivity contribution is 5.78. The molecule has 1 heterocycles. The fourth-order valence-corrected chi connectivity index (χ4v) is 3.28. The molecule has 1 saturated heterocycles. The molecule has 0 aromatic rings. The van der Waals surface area contributed by atoms with Gasteiger partial charge in [-0.05, 0) is 31.6 Å². The van der Waals surface area contributed by atoms with Crippen LogP contribution in [0.5, 0.6) is 0 Å². The van der Waals surface area contributed by atoms with Crippen LogP contribution >= 0.6 is 0 Å². The van der Waals surface area contributed by atoms with Crippen molar-refractivity contribution in [3.05, 3.63) is 0 Å². The SMILES string of the molecule is CC1CCCC(NC(=O)NCC2(C(=O)O)CCOCC2)C1. The maximum Gasteiger partial charge on any atom is 0.315 e. The van der Waals surface area contributed by atoms with Gasteiger partial charge in [0, 0.05) is 25.8 Å². The van der Waals surface area contributed by atoms with Gasteiger partial charge in [-0.3, -0.25) is 4.79 Å². The summed E-state index contributed by atoms with van der Waals surface area (Å²) in [5.41, 5.74) is -0.880. The summed E-state index contributed by atoms with van der Waals surface area (Å²) in [5, 5.41) is 15.2. The van der Waals surface area contributed by atoms with Gasteiger partial charge in [0.15, 0.2) is 0 Å². The molecular formula is C15H26N2O4. The Hall–Kier alpha value is -1.30. The average molecular weight is 298 g/mol. The van der Waals surface area contributed by atoms with Gasteiger partial charge in [0.25, 0.3) is 0 Å². The number of hydrogen-bond acceptors (Lipinski definition) is 3. The van der Waals surface area contributed by atoms with Crippen LogP contribution < -0.4 is 10.6 Å². The van der Waals surface area contributed by atoms with Crippen molar-refractivity contribution in [3.63, 3.8) is 0 Å². The lowest BCUT2D eigenvalue weighted by atomic mass is 9.80. The Labute approximate surface area is 125 Å². The minimum atomic E-state index is -0.880. The van der Waals surface area contributed by atoms with Crippen LogP contribution in [0.4, 0.5) is 4.79 Å². The van der Waals surface area contributed by atoms with E-state index in [1.54, 1.807) is 0 Å². The van der Waals surface area contributed by atoms with Crippen molar-refractivity contribution >= 4 is 12.0 Å². The molecule has 0 aromatic heterocycles. The highest BCUT2D eigenvalue weighted by Crippen LogP contribution is 2.30. The van der Waals surface area contributed by atoms with Crippen molar-refractivity contribution in [3.8, 4) is 0 Å². The third-order valence-electron chi connectivity index (χ3n) is 4.76. The second kappa shape index (κ2) is 7.11. The van der Waals surface area contributed by atoms with Gasteiger partial charge in [0.1, 0.15) is 0 Å². The van der Waals surface area contributed by atoms with E-state index in [1.807, 2.05) is 0 Å². The smallest absolute Gasteiger partial charge is 0.315 e. The number of carboxylic acids is 1. The Morgan fingerprint density at radius 3 is 2.62 bits per heavy atom. The number of urea groups is 1. The Morgan fingerprint density at radius 2 is 2.00 bits per heavy atom. The maximum absolute atomic E-state index is 12.0. The molecule has 2 atom stereocenters. The first-order valence-corrected chi connectivity index (χ1v) is 7.87. The summed E-state index contributed by atoms with van der Waals surface area (Å²) in [6.45, 7) is 3.25. The van der Waals surface area contributed by atoms with E-state index in [4.69, 9.17) is 4.74 Å². The number of hydrogen-bond donors (Lipinski definition) is 3. The predicted octanol–water partition coefficient (Wildman–Crippen LogP) is 1.75. The lowest BCUT2D eigenvalue weighted by Crippen LogP contribution is -2.50. The first-order valence-electron chi connectivity index (χ1n) is 7.87. The number of carbonyl (C=O) groups excluding carboxylic acids is 1. The van der Waals surface area contributed by atoms with E-state index in [0.717, 1.165) is 19.3 Å². The molecular weight excluding hydrogens is 272 g/mol. The summed E-state index contributed by atoms with van der Waals surface area (Å²) in [6, 6.07) is -0.0366. The largest absolute Gasteiger partial charge is 0.481 e. The zero-order chi connectivity index (χ0) is 15.3. The third-order valence-corrected chi connectivity index (χ3v) is 4.76. The molecule has 2 rings (SSSR count). The fraction of sp³-hybridized carbons (Fsp3) is 0.867. The van der Waals surface area contributed by atoms with Crippen LogP contribution in [0.1, 0.15) is 45.4 Å². The fourth-order valence-electron chi connectivity index (χ4n) is 3.28. The molecule has 6 heteroatoms. The van der Waals surface area contributed by atoms with E-state index in [0.29, 0.717) is 32.0 Å². The van der Waals surface area contributed by atoms with E-state index < -0.39 is 11.4 Å². The maximum atomic E-state index is 12.0. The van der Waals surface area contributed by atoms with Crippen LogP contribution in [0.15, 0.2) is 0 Å². The summed E-state index contributed by atoms with van der Waals surface area (Å²) in [5.74, 6) is -0.206. The second-order valence-electron chi connectivity index (χ2n) is 6.49. The van der Waals surface area contributed by atoms with Gasteiger partial charge in [-0.1, -0.05) is 19.8 Å². The predicted molar refractivity (Wildman–Crippen MR) is 78.1 cm³/mol. The van der Waals surface area contributed by atoms with Crippen molar-refractivity contribution in [1.29, 1.82) is 0 Å². The van der Waals surface area contributed by atoms with Crippen molar-refractivity contribution in [2.75, 3.05) is 19.8 Å². The lowest BCUT2D eigenvalue weighted by molar-refractivity contribution is -0.154. The molecule has 21 heavy (non-hydrogen) atoms. The van der Waals surface area contributed by atoms with E-state index in [1.165, 1.54) is 6.42 Å². The van der Waals surface area contributed by atoms with Crippen LogP contribution in [0.2, 0.25) is 0 Å². The average Bonchev–Trinajstić information content (AvgIpc) is 2.46. The number of ether oxygens (including phenoxy) is 1. The number of amides is 2.